The summed E-state index contributed by atoms with van der Waals surface area (Å²) in [6.07, 6.45) is -1.57. The third-order valence-corrected chi connectivity index (χ3v) is 3.62. The van der Waals surface area contributed by atoms with Crippen LogP contribution in [0.5, 0.6) is 0 Å². The van der Waals surface area contributed by atoms with Crippen molar-refractivity contribution in [3.8, 4) is 0 Å². The SMILES string of the molecule is CC(C)(C)[C@](Cc1ccccc1)(OC(N)=O)[C@H](O)CN. The van der Waals surface area contributed by atoms with Crippen LogP contribution in [0.1, 0.15) is 26.3 Å². The van der Waals surface area contributed by atoms with Gasteiger partial charge in [-0.1, -0.05) is 51.1 Å². The first-order valence-electron chi connectivity index (χ1n) is 6.63. The highest BCUT2D eigenvalue weighted by molar-refractivity contribution is 5.65. The van der Waals surface area contributed by atoms with Gasteiger partial charge in [-0.2, -0.15) is 0 Å². The summed E-state index contributed by atoms with van der Waals surface area (Å²) in [4.78, 5) is 11.3. The minimum atomic E-state index is -1.17. The number of aliphatic hydroxyl groups excluding tert-OH is 1. The smallest absolute Gasteiger partial charge is 0.405 e. The normalized spacial score (nSPS) is 16.2. The second-order valence-corrected chi connectivity index (χ2v) is 5.97. The first-order valence-corrected chi connectivity index (χ1v) is 6.63. The van der Waals surface area contributed by atoms with Crippen LogP contribution in [0.4, 0.5) is 4.79 Å². The van der Waals surface area contributed by atoms with Crippen molar-refractivity contribution in [3.63, 3.8) is 0 Å². The number of hydrogen-bond acceptors (Lipinski definition) is 4. The van der Waals surface area contributed by atoms with Crippen molar-refractivity contribution in [2.75, 3.05) is 6.54 Å². The second-order valence-electron chi connectivity index (χ2n) is 5.97. The summed E-state index contributed by atoms with van der Waals surface area (Å²) in [5, 5.41) is 10.4. The van der Waals surface area contributed by atoms with Crippen LogP contribution in [0, 0.1) is 5.41 Å². The zero-order valence-corrected chi connectivity index (χ0v) is 12.3. The van der Waals surface area contributed by atoms with Gasteiger partial charge in [-0.3, -0.25) is 0 Å². The molecule has 0 radical (unpaired) electrons. The van der Waals surface area contributed by atoms with Crippen LogP contribution in [0.15, 0.2) is 30.3 Å². The summed E-state index contributed by atoms with van der Waals surface area (Å²) in [5.41, 5.74) is 10.0. The number of benzene rings is 1. The van der Waals surface area contributed by atoms with Gasteiger partial charge in [0.1, 0.15) is 11.7 Å². The van der Waals surface area contributed by atoms with Gasteiger partial charge in [0, 0.05) is 18.4 Å². The number of carbonyl (C=O) groups excluding carboxylic acids is 1. The van der Waals surface area contributed by atoms with Crippen molar-refractivity contribution in [2.24, 2.45) is 16.9 Å². The fourth-order valence-corrected chi connectivity index (χ4v) is 2.41. The van der Waals surface area contributed by atoms with E-state index in [1.165, 1.54) is 0 Å². The van der Waals surface area contributed by atoms with E-state index in [1.54, 1.807) is 0 Å². The Balaban J connectivity index is 3.25. The molecule has 0 spiro atoms. The number of nitrogens with two attached hydrogens (primary N) is 2. The van der Waals surface area contributed by atoms with Gasteiger partial charge in [-0.15, -0.1) is 0 Å². The Morgan fingerprint density at radius 2 is 1.85 bits per heavy atom. The molecule has 0 aliphatic carbocycles. The molecule has 1 rings (SSSR count). The Morgan fingerprint density at radius 3 is 2.25 bits per heavy atom. The topological polar surface area (TPSA) is 98.6 Å². The average molecular weight is 280 g/mol. The molecule has 0 saturated carbocycles. The fraction of sp³-hybridized carbons (Fsp3) is 0.533. The highest BCUT2D eigenvalue weighted by Gasteiger charge is 2.50. The molecule has 112 valence electrons. The molecule has 0 aliphatic heterocycles. The Bertz CT molecular complexity index is 442. The highest BCUT2D eigenvalue weighted by atomic mass is 16.6. The average Bonchev–Trinajstić information content (AvgIpc) is 2.36. The van der Waals surface area contributed by atoms with E-state index in [0.29, 0.717) is 6.42 Å². The zero-order valence-electron chi connectivity index (χ0n) is 12.3. The predicted octanol–water partition coefficient (Wildman–Crippen LogP) is 1.43. The van der Waals surface area contributed by atoms with Crippen molar-refractivity contribution in [3.05, 3.63) is 35.9 Å². The molecule has 20 heavy (non-hydrogen) atoms. The molecule has 5 nitrogen and oxygen atoms in total. The van der Waals surface area contributed by atoms with Crippen LogP contribution < -0.4 is 11.5 Å². The molecule has 1 aromatic carbocycles. The van der Waals surface area contributed by atoms with E-state index < -0.39 is 23.2 Å². The van der Waals surface area contributed by atoms with Gasteiger partial charge in [-0.25, -0.2) is 4.79 Å². The summed E-state index contributed by atoms with van der Waals surface area (Å²) >= 11 is 0. The van der Waals surface area contributed by atoms with Gasteiger partial charge < -0.3 is 21.3 Å². The summed E-state index contributed by atoms with van der Waals surface area (Å²) in [5.74, 6) is 0. The van der Waals surface area contributed by atoms with E-state index in [2.05, 4.69) is 0 Å². The lowest BCUT2D eigenvalue weighted by atomic mass is 9.69. The molecule has 2 atom stereocenters. The standard InChI is InChI=1S/C15H24N2O3/c1-14(2,3)15(12(18)10-16,20-13(17)19)9-11-7-5-4-6-8-11/h4-8,12,18H,9-10,16H2,1-3H3,(H2,17,19)/t12-,15-/m1/s1. The number of hydrogen-bond donors (Lipinski definition) is 3. The van der Waals surface area contributed by atoms with Crippen molar-refractivity contribution in [1.82, 2.24) is 0 Å². The van der Waals surface area contributed by atoms with Gasteiger partial charge in [-0.05, 0) is 5.56 Å². The molecule has 0 bridgehead atoms. The third-order valence-electron chi connectivity index (χ3n) is 3.62. The van der Waals surface area contributed by atoms with Gasteiger partial charge >= 0.3 is 6.09 Å². The van der Waals surface area contributed by atoms with Gasteiger partial charge in [0.25, 0.3) is 0 Å². The number of amides is 1. The Morgan fingerprint density at radius 1 is 1.30 bits per heavy atom. The van der Waals surface area contributed by atoms with E-state index in [1.807, 2.05) is 51.1 Å². The Hall–Kier alpha value is -1.59. The first kappa shape index (κ1) is 16.5. The van der Waals surface area contributed by atoms with Crippen molar-refractivity contribution in [2.45, 2.75) is 38.9 Å². The van der Waals surface area contributed by atoms with Crippen LogP contribution in [0.25, 0.3) is 0 Å². The number of ether oxygens (including phenoxy) is 1. The summed E-state index contributed by atoms with van der Waals surface area (Å²) in [6, 6.07) is 9.50. The number of carbonyl (C=O) groups is 1. The predicted molar refractivity (Wildman–Crippen MR) is 78.1 cm³/mol. The first-order chi connectivity index (χ1) is 9.23. The van der Waals surface area contributed by atoms with Gasteiger partial charge in [0.2, 0.25) is 0 Å². The Kier molecular flexibility index (Phi) is 5.14. The van der Waals surface area contributed by atoms with E-state index in [4.69, 9.17) is 16.2 Å². The highest BCUT2D eigenvalue weighted by Crippen LogP contribution is 2.39. The largest absolute Gasteiger partial charge is 0.439 e. The second kappa shape index (κ2) is 6.24. The van der Waals surface area contributed by atoms with Crippen LogP contribution in [-0.2, 0) is 11.2 Å². The van der Waals surface area contributed by atoms with E-state index in [0.717, 1.165) is 5.56 Å². The van der Waals surface area contributed by atoms with E-state index >= 15 is 0 Å². The van der Waals surface area contributed by atoms with Gasteiger partial charge in [0.05, 0.1) is 0 Å². The molecular weight excluding hydrogens is 256 g/mol. The molecule has 0 fully saturated rings. The third kappa shape index (κ3) is 3.49. The molecule has 0 aliphatic rings. The molecule has 0 heterocycles. The molecule has 5 heteroatoms. The minimum Gasteiger partial charge on any atom is -0.439 e. The lowest BCUT2D eigenvalue weighted by molar-refractivity contribution is -0.138. The molecule has 0 aromatic heterocycles. The van der Waals surface area contributed by atoms with Crippen LogP contribution in [0.3, 0.4) is 0 Å². The number of primary amides is 1. The van der Waals surface area contributed by atoms with Crippen molar-refractivity contribution >= 4 is 6.09 Å². The molecule has 0 saturated heterocycles. The maximum atomic E-state index is 11.3. The molecule has 5 N–H and O–H groups in total. The van der Waals surface area contributed by atoms with E-state index in [9.17, 15) is 9.90 Å². The van der Waals surface area contributed by atoms with Crippen LogP contribution in [0.2, 0.25) is 0 Å². The molecular formula is C15H24N2O3. The Labute approximate surface area is 119 Å². The molecule has 1 amide bonds. The molecule has 0 unspecified atom stereocenters. The van der Waals surface area contributed by atoms with Crippen molar-refractivity contribution in [1.29, 1.82) is 0 Å². The monoisotopic (exact) mass is 280 g/mol. The van der Waals surface area contributed by atoms with E-state index in [-0.39, 0.29) is 6.54 Å². The van der Waals surface area contributed by atoms with Crippen LogP contribution >= 0.6 is 0 Å². The number of rotatable bonds is 5. The minimum absolute atomic E-state index is 0.0165. The summed E-state index contributed by atoms with van der Waals surface area (Å²) in [7, 11) is 0. The lowest BCUT2D eigenvalue weighted by Gasteiger charge is -2.46. The quantitative estimate of drug-likeness (QED) is 0.759. The fourth-order valence-electron chi connectivity index (χ4n) is 2.41. The van der Waals surface area contributed by atoms with Gasteiger partial charge in [0.15, 0.2) is 0 Å². The molecule has 1 aromatic rings. The maximum absolute atomic E-state index is 11.3. The van der Waals surface area contributed by atoms with Crippen LogP contribution in [-0.4, -0.2) is 29.4 Å². The maximum Gasteiger partial charge on any atom is 0.405 e. The summed E-state index contributed by atoms with van der Waals surface area (Å²) < 4.78 is 5.37. The lowest BCUT2D eigenvalue weighted by Crippen LogP contribution is -2.60. The summed E-state index contributed by atoms with van der Waals surface area (Å²) in [6.45, 7) is 5.64. The number of aliphatic hydroxyl groups is 1. The zero-order chi connectivity index (χ0) is 15.4. The van der Waals surface area contributed by atoms with Crippen molar-refractivity contribution < 1.29 is 14.6 Å².